The molecule has 0 unspecified atom stereocenters. The highest BCUT2D eigenvalue weighted by molar-refractivity contribution is 6.00. The SMILES string of the molecule is COc1ccc(CNc2nccc3[nH]nc(-c4ccc(Oc5ccccc5)cc4)c23)c(OC)c1. The predicted molar refractivity (Wildman–Crippen MR) is 133 cm³/mol. The minimum Gasteiger partial charge on any atom is -0.497 e. The van der Waals surface area contributed by atoms with Gasteiger partial charge in [-0.1, -0.05) is 18.2 Å². The van der Waals surface area contributed by atoms with Crippen LogP contribution in [0.2, 0.25) is 0 Å². The Morgan fingerprint density at radius 1 is 0.824 bits per heavy atom. The normalized spacial score (nSPS) is 10.8. The number of fused-ring (bicyclic) bond motifs is 1. The number of methoxy groups -OCH3 is 2. The first-order valence-corrected chi connectivity index (χ1v) is 10.9. The monoisotopic (exact) mass is 452 g/mol. The Morgan fingerprint density at radius 3 is 2.35 bits per heavy atom. The summed E-state index contributed by atoms with van der Waals surface area (Å²) in [5.41, 5.74) is 3.68. The van der Waals surface area contributed by atoms with Crippen LogP contribution >= 0.6 is 0 Å². The van der Waals surface area contributed by atoms with E-state index in [4.69, 9.17) is 14.2 Å². The number of para-hydroxylation sites is 1. The summed E-state index contributed by atoms with van der Waals surface area (Å²) in [5.74, 6) is 3.80. The van der Waals surface area contributed by atoms with Gasteiger partial charge < -0.3 is 19.5 Å². The Labute approximate surface area is 197 Å². The number of benzene rings is 3. The molecule has 170 valence electrons. The Bertz CT molecular complexity index is 1400. The van der Waals surface area contributed by atoms with Crippen LogP contribution in [0.3, 0.4) is 0 Å². The highest BCUT2D eigenvalue weighted by atomic mass is 16.5. The maximum absolute atomic E-state index is 5.91. The molecule has 2 N–H and O–H groups in total. The molecule has 0 bridgehead atoms. The lowest BCUT2D eigenvalue weighted by Crippen LogP contribution is -2.04. The van der Waals surface area contributed by atoms with E-state index in [0.29, 0.717) is 6.54 Å². The van der Waals surface area contributed by atoms with Crippen molar-refractivity contribution in [1.29, 1.82) is 0 Å². The van der Waals surface area contributed by atoms with Gasteiger partial charge in [-0.25, -0.2) is 4.98 Å². The molecule has 0 aliphatic rings. The van der Waals surface area contributed by atoms with Crippen LogP contribution in [0.1, 0.15) is 5.56 Å². The van der Waals surface area contributed by atoms with Gasteiger partial charge in [-0.15, -0.1) is 0 Å². The number of nitrogens with zero attached hydrogens (tertiary/aromatic N) is 2. The number of ether oxygens (including phenoxy) is 3. The van der Waals surface area contributed by atoms with Crippen molar-refractivity contribution in [2.24, 2.45) is 0 Å². The quantitative estimate of drug-likeness (QED) is 0.298. The van der Waals surface area contributed by atoms with E-state index in [-0.39, 0.29) is 0 Å². The first-order chi connectivity index (χ1) is 16.7. The Morgan fingerprint density at radius 2 is 1.59 bits per heavy atom. The molecule has 0 aliphatic carbocycles. The highest BCUT2D eigenvalue weighted by Crippen LogP contribution is 2.33. The zero-order chi connectivity index (χ0) is 23.3. The second-order valence-corrected chi connectivity index (χ2v) is 7.63. The summed E-state index contributed by atoms with van der Waals surface area (Å²) in [4.78, 5) is 4.58. The predicted octanol–water partition coefficient (Wildman–Crippen LogP) is 6.05. The van der Waals surface area contributed by atoms with Gasteiger partial charge in [0.1, 0.15) is 34.5 Å². The Balaban J connectivity index is 1.41. The smallest absolute Gasteiger partial charge is 0.137 e. The molecule has 7 heteroatoms. The molecule has 2 heterocycles. The first-order valence-electron chi connectivity index (χ1n) is 10.9. The fourth-order valence-electron chi connectivity index (χ4n) is 3.79. The van der Waals surface area contributed by atoms with E-state index in [1.165, 1.54) is 0 Å². The number of hydrogen-bond donors (Lipinski definition) is 2. The Kier molecular flexibility index (Phi) is 5.99. The van der Waals surface area contributed by atoms with Crippen LogP contribution in [0.15, 0.2) is 85.1 Å². The van der Waals surface area contributed by atoms with Crippen LogP contribution in [-0.2, 0) is 6.54 Å². The van der Waals surface area contributed by atoms with E-state index in [0.717, 1.165) is 56.5 Å². The highest BCUT2D eigenvalue weighted by Gasteiger charge is 2.14. The third-order valence-corrected chi connectivity index (χ3v) is 5.52. The van der Waals surface area contributed by atoms with Gasteiger partial charge in [0.2, 0.25) is 0 Å². The molecule has 5 rings (SSSR count). The molecule has 0 saturated heterocycles. The lowest BCUT2D eigenvalue weighted by molar-refractivity contribution is 0.391. The molecule has 7 nitrogen and oxygen atoms in total. The standard InChI is InChI=1S/C27H24N4O3/c1-32-22-13-10-19(24(16-22)33-2)17-29-27-25-23(14-15-28-27)30-31-26(25)18-8-11-21(12-9-18)34-20-6-4-3-5-7-20/h3-16H,17H2,1-2H3,(H,28,29)(H,30,31). The van der Waals surface area contributed by atoms with Crippen LogP contribution in [0.25, 0.3) is 22.2 Å². The lowest BCUT2D eigenvalue weighted by atomic mass is 10.1. The van der Waals surface area contributed by atoms with Crippen molar-refractivity contribution in [1.82, 2.24) is 15.2 Å². The fourth-order valence-corrected chi connectivity index (χ4v) is 3.79. The summed E-state index contributed by atoms with van der Waals surface area (Å²) < 4.78 is 16.7. The molecule has 0 fully saturated rings. The van der Waals surface area contributed by atoms with E-state index >= 15 is 0 Å². The van der Waals surface area contributed by atoms with Gasteiger partial charge in [0.15, 0.2) is 0 Å². The molecular formula is C27H24N4O3. The number of anilines is 1. The van der Waals surface area contributed by atoms with Crippen molar-refractivity contribution in [2.75, 3.05) is 19.5 Å². The van der Waals surface area contributed by atoms with Crippen molar-refractivity contribution in [3.8, 4) is 34.3 Å². The van der Waals surface area contributed by atoms with Crippen LogP contribution in [-0.4, -0.2) is 29.4 Å². The summed E-state index contributed by atoms with van der Waals surface area (Å²) >= 11 is 0. The third-order valence-electron chi connectivity index (χ3n) is 5.52. The molecule has 2 aromatic heterocycles. The summed E-state index contributed by atoms with van der Waals surface area (Å²) in [6, 6.07) is 25.3. The second-order valence-electron chi connectivity index (χ2n) is 7.63. The summed E-state index contributed by atoms with van der Waals surface area (Å²) in [6.07, 6.45) is 1.76. The van der Waals surface area contributed by atoms with Crippen LogP contribution in [0.5, 0.6) is 23.0 Å². The van der Waals surface area contributed by atoms with Crippen LogP contribution < -0.4 is 19.5 Å². The maximum atomic E-state index is 5.91. The van der Waals surface area contributed by atoms with E-state index < -0.39 is 0 Å². The summed E-state index contributed by atoms with van der Waals surface area (Å²) in [5, 5.41) is 12.0. The van der Waals surface area contributed by atoms with Gasteiger partial charge in [0.25, 0.3) is 0 Å². The molecule has 0 spiro atoms. The second kappa shape index (κ2) is 9.54. The number of aromatic amines is 1. The zero-order valence-electron chi connectivity index (χ0n) is 18.9. The van der Waals surface area contributed by atoms with E-state index in [2.05, 4.69) is 20.5 Å². The molecule has 5 aromatic rings. The van der Waals surface area contributed by atoms with Gasteiger partial charge in [0.05, 0.1) is 25.1 Å². The van der Waals surface area contributed by atoms with Crippen LogP contribution in [0.4, 0.5) is 5.82 Å². The number of pyridine rings is 1. The number of hydrogen-bond acceptors (Lipinski definition) is 6. The minimum atomic E-state index is 0.535. The fraction of sp³-hybridized carbons (Fsp3) is 0.111. The maximum Gasteiger partial charge on any atom is 0.137 e. The summed E-state index contributed by atoms with van der Waals surface area (Å²) in [6.45, 7) is 0.535. The number of aromatic nitrogens is 3. The molecule has 0 atom stereocenters. The lowest BCUT2D eigenvalue weighted by Gasteiger charge is -2.12. The van der Waals surface area contributed by atoms with Gasteiger partial charge in [0, 0.05) is 29.9 Å². The van der Waals surface area contributed by atoms with Gasteiger partial charge in [-0.3, -0.25) is 5.10 Å². The van der Waals surface area contributed by atoms with Gasteiger partial charge in [-0.05, 0) is 54.6 Å². The molecule has 34 heavy (non-hydrogen) atoms. The number of rotatable bonds is 8. The average Bonchev–Trinajstić information content (AvgIpc) is 3.33. The van der Waals surface area contributed by atoms with E-state index in [9.17, 15) is 0 Å². The number of nitrogens with one attached hydrogen (secondary N) is 2. The first kappa shape index (κ1) is 21.3. The molecule has 0 radical (unpaired) electrons. The van der Waals surface area contributed by atoms with Crippen molar-refractivity contribution in [2.45, 2.75) is 6.54 Å². The van der Waals surface area contributed by atoms with E-state index in [1.54, 1.807) is 20.4 Å². The number of H-pyrrole nitrogens is 1. The molecule has 0 amide bonds. The Hall–Kier alpha value is -4.52. The van der Waals surface area contributed by atoms with Crippen LogP contribution in [0, 0.1) is 0 Å². The van der Waals surface area contributed by atoms with Crippen molar-refractivity contribution in [3.63, 3.8) is 0 Å². The average molecular weight is 453 g/mol. The molecule has 0 aliphatic heterocycles. The zero-order valence-corrected chi connectivity index (χ0v) is 18.9. The van der Waals surface area contributed by atoms with E-state index in [1.807, 2.05) is 78.9 Å². The summed E-state index contributed by atoms with van der Waals surface area (Å²) in [7, 11) is 3.29. The molecule has 3 aromatic carbocycles. The molecule has 0 saturated carbocycles. The van der Waals surface area contributed by atoms with Crippen molar-refractivity contribution < 1.29 is 14.2 Å². The molecular weight excluding hydrogens is 428 g/mol. The third kappa shape index (κ3) is 4.36. The topological polar surface area (TPSA) is 81.3 Å². The van der Waals surface area contributed by atoms with Crippen molar-refractivity contribution in [3.05, 3.63) is 90.6 Å². The van der Waals surface area contributed by atoms with Crippen molar-refractivity contribution >= 4 is 16.7 Å². The van der Waals surface area contributed by atoms with Gasteiger partial charge in [-0.2, -0.15) is 5.10 Å². The minimum absolute atomic E-state index is 0.535. The largest absolute Gasteiger partial charge is 0.497 e. The van der Waals surface area contributed by atoms with Gasteiger partial charge >= 0.3 is 0 Å².